The first kappa shape index (κ1) is 15.4. The largest absolute Gasteiger partial charge is 0.352 e. The molecule has 102 valence electrons. The van der Waals surface area contributed by atoms with Gasteiger partial charge in [0, 0.05) is 19.3 Å². The molecule has 0 bridgehead atoms. The number of benzene rings is 1. The zero-order valence-corrected chi connectivity index (χ0v) is 12.0. The van der Waals surface area contributed by atoms with Crippen LogP contribution in [-0.2, 0) is 12.3 Å². The van der Waals surface area contributed by atoms with Gasteiger partial charge in [-0.1, -0.05) is 12.0 Å². The molecule has 0 atom stereocenters. The van der Waals surface area contributed by atoms with E-state index in [0.717, 1.165) is 16.9 Å². The lowest BCUT2D eigenvalue weighted by Gasteiger charge is -2.13. The Balaban J connectivity index is 2.68. The van der Waals surface area contributed by atoms with Crippen LogP contribution in [0.15, 0.2) is 23.2 Å². The SMILES string of the molecule is C#CCNC(=NC)NCc1ccc(F)cc1CSC. The van der Waals surface area contributed by atoms with Crippen molar-refractivity contribution in [3.8, 4) is 12.3 Å². The third kappa shape index (κ3) is 5.23. The summed E-state index contributed by atoms with van der Waals surface area (Å²) in [6.07, 6.45) is 7.17. The molecule has 0 radical (unpaired) electrons. The van der Waals surface area contributed by atoms with Crippen LogP contribution in [0.4, 0.5) is 4.39 Å². The van der Waals surface area contributed by atoms with Crippen LogP contribution in [0.5, 0.6) is 0 Å². The van der Waals surface area contributed by atoms with Gasteiger partial charge >= 0.3 is 0 Å². The molecule has 0 spiro atoms. The zero-order chi connectivity index (χ0) is 14.1. The van der Waals surface area contributed by atoms with Gasteiger partial charge in [0.1, 0.15) is 5.82 Å². The topological polar surface area (TPSA) is 36.4 Å². The molecule has 19 heavy (non-hydrogen) atoms. The van der Waals surface area contributed by atoms with Crippen molar-refractivity contribution >= 4 is 17.7 Å². The maximum absolute atomic E-state index is 13.2. The number of nitrogens with one attached hydrogen (secondary N) is 2. The van der Waals surface area contributed by atoms with Crippen LogP contribution in [0.2, 0.25) is 0 Å². The molecule has 0 unspecified atom stereocenters. The third-order valence-electron chi connectivity index (χ3n) is 2.50. The Morgan fingerprint density at radius 1 is 1.42 bits per heavy atom. The van der Waals surface area contributed by atoms with Crippen LogP contribution in [0, 0.1) is 18.2 Å². The monoisotopic (exact) mass is 279 g/mol. The lowest BCUT2D eigenvalue weighted by atomic mass is 10.1. The van der Waals surface area contributed by atoms with Gasteiger partial charge < -0.3 is 10.6 Å². The molecule has 5 heteroatoms. The standard InChI is InChI=1S/C14H18FN3S/c1-4-7-17-14(16-2)18-9-11-5-6-13(15)8-12(11)10-19-3/h1,5-6,8H,7,9-10H2,2-3H3,(H2,16,17,18). The predicted octanol–water partition coefficient (Wildman–Crippen LogP) is 1.99. The van der Waals surface area contributed by atoms with E-state index in [9.17, 15) is 4.39 Å². The fourth-order valence-corrected chi connectivity index (χ4v) is 2.17. The minimum absolute atomic E-state index is 0.206. The van der Waals surface area contributed by atoms with Gasteiger partial charge in [-0.2, -0.15) is 11.8 Å². The molecule has 0 amide bonds. The number of halogens is 1. The van der Waals surface area contributed by atoms with Gasteiger partial charge in [0.25, 0.3) is 0 Å². The number of terminal acetylenes is 1. The minimum Gasteiger partial charge on any atom is -0.352 e. The molecule has 0 aliphatic carbocycles. The fraction of sp³-hybridized carbons (Fsp3) is 0.357. The highest BCUT2D eigenvalue weighted by Gasteiger charge is 2.05. The van der Waals surface area contributed by atoms with Crippen LogP contribution in [0.3, 0.4) is 0 Å². The number of nitrogens with zero attached hydrogens (tertiary/aromatic N) is 1. The van der Waals surface area contributed by atoms with Crippen LogP contribution in [0.25, 0.3) is 0 Å². The van der Waals surface area contributed by atoms with E-state index in [-0.39, 0.29) is 5.82 Å². The maximum atomic E-state index is 13.2. The second-order valence-corrected chi connectivity index (χ2v) is 4.70. The van der Waals surface area contributed by atoms with Crippen molar-refractivity contribution in [1.29, 1.82) is 0 Å². The van der Waals surface area contributed by atoms with E-state index in [1.54, 1.807) is 30.9 Å². The summed E-state index contributed by atoms with van der Waals surface area (Å²) in [6.45, 7) is 1.00. The summed E-state index contributed by atoms with van der Waals surface area (Å²) >= 11 is 1.66. The first-order valence-corrected chi connectivity index (χ1v) is 7.25. The van der Waals surface area contributed by atoms with Crippen molar-refractivity contribution in [3.05, 3.63) is 35.1 Å². The Bertz CT molecular complexity index is 480. The second-order valence-electron chi connectivity index (χ2n) is 3.83. The Kier molecular flexibility index (Phi) is 6.83. The molecule has 0 aliphatic heterocycles. The second kappa shape index (κ2) is 8.44. The fourth-order valence-electron chi connectivity index (χ4n) is 1.59. The minimum atomic E-state index is -0.206. The van der Waals surface area contributed by atoms with Gasteiger partial charge in [0.2, 0.25) is 0 Å². The Labute approximate surface area is 118 Å². The molecular weight excluding hydrogens is 261 g/mol. The highest BCUT2D eigenvalue weighted by molar-refractivity contribution is 7.97. The van der Waals surface area contributed by atoms with Gasteiger partial charge in [-0.25, -0.2) is 4.39 Å². The van der Waals surface area contributed by atoms with E-state index in [0.29, 0.717) is 19.0 Å². The molecule has 0 heterocycles. The summed E-state index contributed by atoms with van der Waals surface area (Å²) in [4.78, 5) is 4.05. The average Bonchev–Trinajstić information content (AvgIpc) is 2.41. The van der Waals surface area contributed by atoms with Crippen LogP contribution in [0.1, 0.15) is 11.1 Å². The van der Waals surface area contributed by atoms with Gasteiger partial charge in [0.15, 0.2) is 5.96 Å². The summed E-state index contributed by atoms with van der Waals surface area (Å²) in [5.41, 5.74) is 2.05. The first-order valence-electron chi connectivity index (χ1n) is 5.85. The molecule has 0 aromatic heterocycles. The van der Waals surface area contributed by atoms with Crippen LogP contribution >= 0.6 is 11.8 Å². The highest BCUT2D eigenvalue weighted by Crippen LogP contribution is 2.16. The van der Waals surface area contributed by atoms with E-state index in [4.69, 9.17) is 6.42 Å². The molecule has 1 aromatic rings. The molecule has 1 aromatic carbocycles. The van der Waals surface area contributed by atoms with E-state index in [1.165, 1.54) is 6.07 Å². The Morgan fingerprint density at radius 3 is 2.84 bits per heavy atom. The molecule has 0 saturated carbocycles. The van der Waals surface area contributed by atoms with Crippen molar-refractivity contribution in [2.75, 3.05) is 19.8 Å². The summed E-state index contributed by atoms with van der Waals surface area (Å²) in [6, 6.07) is 4.84. The molecular formula is C14H18FN3S. The number of aliphatic imine (C=N–C) groups is 1. The van der Waals surface area contributed by atoms with Crippen LogP contribution < -0.4 is 10.6 Å². The van der Waals surface area contributed by atoms with Crippen LogP contribution in [-0.4, -0.2) is 25.8 Å². The summed E-state index contributed by atoms with van der Waals surface area (Å²) in [5, 5.41) is 6.13. The summed E-state index contributed by atoms with van der Waals surface area (Å²) in [7, 11) is 1.68. The van der Waals surface area contributed by atoms with E-state index in [1.807, 2.05) is 6.26 Å². The van der Waals surface area contributed by atoms with Crippen molar-refractivity contribution in [2.24, 2.45) is 4.99 Å². The number of hydrogen-bond acceptors (Lipinski definition) is 2. The lowest BCUT2D eigenvalue weighted by Crippen LogP contribution is -2.37. The predicted molar refractivity (Wildman–Crippen MR) is 80.7 cm³/mol. The smallest absolute Gasteiger partial charge is 0.192 e. The van der Waals surface area contributed by atoms with Gasteiger partial charge in [-0.15, -0.1) is 6.42 Å². The normalized spacial score (nSPS) is 10.9. The number of thioether (sulfide) groups is 1. The van der Waals surface area contributed by atoms with Crippen molar-refractivity contribution < 1.29 is 4.39 Å². The number of guanidine groups is 1. The third-order valence-corrected chi connectivity index (χ3v) is 3.10. The summed E-state index contributed by atoms with van der Waals surface area (Å²) in [5.74, 6) is 3.70. The van der Waals surface area contributed by atoms with Crippen molar-refractivity contribution in [1.82, 2.24) is 10.6 Å². The number of hydrogen-bond donors (Lipinski definition) is 2. The molecule has 0 aliphatic rings. The Morgan fingerprint density at radius 2 is 2.21 bits per heavy atom. The van der Waals surface area contributed by atoms with Crippen molar-refractivity contribution in [2.45, 2.75) is 12.3 Å². The van der Waals surface area contributed by atoms with E-state index < -0.39 is 0 Å². The Hall–Kier alpha value is -1.67. The molecule has 0 fully saturated rings. The lowest BCUT2D eigenvalue weighted by molar-refractivity contribution is 0.625. The van der Waals surface area contributed by atoms with E-state index >= 15 is 0 Å². The van der Waals surface area contributed by atoms with Gasteiger partial charge in [-0.05, 0) is 29.5 Å². The quantitative estimate of drug-likeness (QED) is 0.491. The summed E-state index contributed by atoms with van der Waals surface area (Å²) < 4.78 is 13.2. The van der Waals surface area contributed by atoms with Crippen molar-refractivity contribution in [3.63, 3.8) is 0 Å². The molecule has 0 saturated heterocycles. The van der Waals surface area contributed by atoms with E-state index in [2.05, 4.69) is 21.5 Å². The molecule has 1 rings (SSSR count). The first-order chi connectivity index (χ1) is 9.21. The van der Waals surface area contributed by atoms with Gasteiger partial charge in [0.05, 0.1) is 6.54 Å². The number of rotatable bonds is 5. The van der Waals surface area contributed by atoms with Gasteiger partial charge in [-0.3, -0.25) is 4.99 Å². The highest BCUT2D eigenvalue weighted by atomic mass is 32.2. The molecule has 3 nitrogen and oxygen atoms in total. The molecule has 2 N–H and O–H groups in total. The average molecular weight is 279 g/mol. The zero-order valence-electron chi connectivity index (χ0n) is 11.2. The maximum Gasteiger partial charge on any atom is 0.192 e.